The quantitative estimate of drug-likeness (QED) is 0.917. The number of hydrogen-bond acceptors (Lipinski definition) is 3. The van der Waals surface area contributed by atoms with Crippen molar-refractivity contribution in [1.82, 2.24) is 19.8 Å². The van der Waals surface area contributed by atoms with Gasteiger partial charge in [-0.1, -0.05) is 12.1 Å². The van der Waals surface area contributed by atoms with Crippen LogP contribution < -0.4 is 0 Å². The van der Waals surface area contributed by atoms with Crippen LogP contribution in [0.1, 0.15) is 31.1 Å². The first kappa shape index (κ1) is 14.2. The first-order valence-electron chi connectivity index (χ1n) is 8.12. The molecule has 2 aliphatic heterocycles. The number of benzene rings is 1. The Hall–Kier alpha value is -2.37. The smallest absolute Gasteiger partial charge is 0.228 e. The number of amides is 2. The van der Waals surface area contributed by atoms with Gasteiger partial charge in [-0.3, -0.25) is 9.59 Å². The molecule has 2 amide bonds. The van der Waals surface area contributed by atoms with Crippen LogP contribution in [0.4, 0.5) is 0 Å². The molecular weight excluding hydrogens is 292 g/mol. The van der Waals surface area contributed by atoms with Crippen LogP contribution in [0, 0.1) is 5.92 Å². The molecule has 0 bridgehead atoms. The van der Waals surface area contributed by atoms with Crippen molar-refractivity contribution in [3.63, 3.8) is 0 Å². The third-order valence-corrected chi connectivity index (χ3v) is 4.95. The van der Waals surface area contributed by atoms with Crippen molar-refractivity contribution in [3.05, 3.63) is 30.1 Å². The molecule has 6 nitrogen and oxygen atoms in total. The number of aromatic nitrogens is 2. The summed E-state index contributed by atoms with van der Waals surface area (Å²) in [6, 6.07) is 7.90. The number of hydrogen-bond donors (Lipinski definition) is 1. The number of carbonyl (C=O) groups excluding carboxylic acids is 2. The van der Waals surface area contributed by atoms with Crippen molar-refractivity contribution in [1.29, 1.82) is 0 Å². The SMILES string of the molecule is CN1C[C@@H](C(=O)N2CCC[C@@H]2c2nc3ccccc3[nH]2)CC1=O. The molecule has 0 unspecified atom stereocenters. The summed E-state index contributed by atoms with van der Waals surface area (Å²) in [5, 5.41) is 0. The molecule has 0 aliphatic carbocycles. The van der Waals surface area contributed by atoms with Crippen LogP contribution in [0.25, 0.3) is 11.0 Å². The van der Waals surface area contributed by atoms with Gasteiger partial charge in [-0.25, -0.2) is 4.98 Å². The van der Waals surface area contributed by atoms with E-state index in [0.29, 0.717) is 13.0 Å². The van der Waals surface area contributed by atoms with Gasteiger partial charge < -0.3 is 14.8 Å². The highest BCUT2D eigenvalue weighted by Gasteiger charge is 2.39. The number of rotatable bonds is 2. The van der Waals surface area contributed by atoms with E-state index in [4.69, 9.17) is 0 Å². The van der Waals surface area contributed by atoms with Crippen LogP contribution in [0.2, 0.25) is 0 Å². The van der Waals surface area contributed by atoms with Gasteiger partial charge in [0.25, 0.3) is 0 Å². The molecule has 6 heteroatoms. The minimum Gasteiger partial charge on any atom is -0.345 e. The van der Waals surface area contributed by atoms with E-state index in [2.05, 4.69) is 9.97 Å². The molecule has 1 N–H and O–H groups in total. The van der Waals surface area contributed by atoms with Crippen LogP contribution in [0.15, 0.2) is 24.3 Å². The molecule has 2 atom stereocenters. The summed E-state index contributed by atoms with van der Waals surface area (Å²) in [5.74, 6) is 0.792. The van der Waals surface area contributed by atoms with Crippen molar-refractivity contribution in [3.8, 4) is 0 Å². The zero-order valence-electron chi connectivity index (χ0n) is 13.2. The highest BCUT2D eigenvalue weighted by molar-refractivity contribution is 5.89. The van der Waals surface area contributed by atoms with E-state index in [1.165, 1.54) is 0 Å². The molecule has 2 fully saturated rings. The maximum Gasteiger partial charge on any atom is 0.228 e. The van der Waals surface area contributed by atoms with Crippen molar-refractivity contribution in [2.24, 2.45) is 5.92 Å². The van der Waals surface area contributed by atoms with E-state index in [0.717, 1.165) is 36.2 Å². The van der Waals surface area contributed by atoms with Crippen LogP contribution in [0.3, 0.4) is 0 Å². The van der Waals surface area contributed by atoms with Crippen molar-refractivity contribution in [2.45, 2.75) is 25.3 Å². The second-order valence-electron chi connectivity index (χ2n) is 6.50. The zero-order valence-corrected chi connectivity index (χ0v) is 13.2. The number of nitrogens with zero attached hydrogens (tertiary/aromatic N) is 3. The van der Waals surface area contributed by atoms with E-state index >= 15 is 0 Å². The summed E-state index contributed by atoms with van der Waals surface area (Å²) < 4.78 is 0. The average molecular weight is 312 g/mol. The minimum atomic E-state index is -0.211. The van der Waals surface area contributed by atoms with Crippen molar-refractivity contribution >= 4 is 22.8 Å². The number of fused-ring (bicyclic) bond motifs is 1. The lowest BCUT2D eigenvalue weighted by Gasteiger charge is -2.25. The van der Waals surface area contributed by atoms with Crippen LogP contribution in [-0.2, 0) is 9.59 Å². The zero-order chi connectivity index (χ0) is 16.0. The van der Waals surface area contributed by atoms with Gasteiger partial charge in [0.05, 0.1) is 23.0 Å². The molecule has 1 aromatic heterocycles. The molecule has 2 aromatic rings. The Kier molecular flexibility index (Phi) is 3.32. The van der Waals surface area contributed by atoms with E-state index in [9.17, 15) is 9.59 Å². The first-order valence-corrected chi connectivity index (χ1v) is 8.12. The van der Waals surface area contributed by atoms with Gasteiger partial charge in [-0.05, 0) is 25.0 Å². The van der Waals surface area contributed by atoms with Crippen molar-refractivity contribution in [2.75, 3.05) is 20.1 Å². The molecule has 4 rings (SSSR count). The molecule has 3 heterocycles. The lowest BCUT2D eigenvalue weighted by molar-refractivity contribution is -0.136. The fraction of sp³-hybridized carbons (Fsp3) is 0.471. The molecule has 0 radical (unpaired) electrons. The molecule has 0 saturated carbocycles. The van der Waals surface area contributed by atoms with Crippen LogP contribution >= 0.6 is 0 Å². The average Bonchev–Trinajstić information content (AvgIpc) is 3.24. The number of imidazole rings is 1. The molecular formula is C17H20N4O2. The number of aromatic amines is 1. The summed E-state index contributed by atoms with van der Waals surface area (Å²) in [4.78, 5) is 36.1. The number of H-pyrrole nitrogens is 1. The Balaban J connectivity index is 1.59. The predicted molar refractivity (Wildman–Crippen MR) is 85.5 cm³/mol. The summed E-state index contributed by atoms with van der Waals surface area (Å²) in [7, 11) is 1.76. The maximum absolute atomic E-state index is 12.8. The Labute approximate surface area is 134 Å². The Bertz CT molecular complexity index is 736. The molecule has 2 aliphatic rings. The highest BCUT2D eigenvalue weighted by atomic mass is 16.2. The second kappa shape index (κ2) is 5.37. The molecule has 0 spiro atoms. The fourth-order valence-electron chi connectivity index (χ4n) is 3.71. The minimum absolute atomic E-state index is 0.00379. The largest absolute Gasteiger partial charge is 0.345 e. The summed E-state index contributed by atoms with van der Waals surface area (Å²) in [6.07, 6.45) is 2.23. The van der Waals surface area contributed by atoms with Gasteiger partial charge in [-0.2, -0.15) is 0 Å². The summed E-state index contributed by atoms with van der Waals surface area (Å²) >= 11 is 0. The number of para-hydroxylation sites is 2. The lowest BCUT2D eigenvalue weighted by atomic mass is 10.1. The normalized spacial score (nSPS) is 24.8. The monoisotopic (exact) mass is 312 g/mol. The lowest BCUT2D eigenvalue weighted by Crippen LogP contribution is -2.37. The Morgan fingerprint density at radius 3 is 2.91 bits per heavy atom. The van der Waals surface area contributed by atoms with Crippen molar-refractivity contribution < 1.29 is 9.59 Å². The predicted octanol–water partition coefficient (Wildman–Crippen LogP) is 1.70. The topological polar surface area (TPSA) is 69.3 Å². The number of likely N-dealkylation sites (tertiary alicyclic amines) is 2. The van der Waals surface area contributed by atoms with E-state index in [-0.39, 0.29) is 23.8 Å². The van der Waals surface area contributed by atoms with Gasteiger partial charge in [0.2, 0.25) is 11.8 Å². The Morgan fingerprint density at radius 2 is 2.17 bits per heavy atom. The number of carbonyl (C=O) groups is 2. The van der Waals surface area contributed by atoms with Crippen LogP contribution in [-0.4, -0.2) is 51.7 Å². The summed E-state index contributed by atoms with van der Waals surface area (Å²) in [5.41, 5.74) is 1.93. The van der Waals surface area contributed by atoms with Gasteiger partial charge in [0, 0.05) is 26.6 Å². The molecule has 2 saturated heterocycles. The van der Waals surface area contributed by atoms with Gasteiger partial charge >= 0.3 is 0 Å². The molecule has 23 heavy (non-hydrogen) atoms. The highest BCUT2D eigenvalue weighted by Crippen LogP contribution is 2.34. The van der Waals surface area contributed by atoms with E-state index < -0.39 is 0 Å². The molecule has 1 aromatic carbocycles. The van der Waals surface area contributed by atoms with Gasteiger partial charge in [0.1, 0.15) is 5.82 Å². The standard InChI is InChI=1S/C17H20N4O2/c1-20-10-11(9-15(20)22)17(23)21-8-4-7-14(21)16-18-12-5-2-3-6-13(12)19-16/h2-3,5-6,11,14H,4,7-10H2,1H3,(H,18,19)/t11-,14+/m0/s1. The first-order chi connectivity index (χ1) is 11.1. The van der Waals surface area contributed by atoms with E-state index in [1.807, 2.05) is 29.2 Å². The van der Waals surface area contributed by atoms with Crippen LogP contribution in [0.5, 0.6) is 0 Å². The van der Waals surface area contributed by atoms with E-state index in [1.54, 1.807) is 11.9 Å². The second-order valence-corrected chi connectivity index (χ2v) is 6.50. The fourth-order valence-corrected chi connectivity index (χ4v) is 3.71. The number of nitrogens with one attached hydrogen (secondary N) is 1. The summed E-state index contributed by atoms with van der Waals surface area (Å²) in [6.45, 7) is 1.27. The van der Waals surface area contributed by atoms with Gasteiger partial charge in [0.15, 0.2) is 0 Å². The van der Waals surface area contributed by atoms with Gasteiger partial charge in [-0.15, -0.1) is 0 Å². The molecule has 120 valence electrons. The third-order valence-electron chi connectivity index (χ3n) is 4.95. The maximum atomic E-state index is 12.8. The third kappa shape index (κ3) is 2.38. The Morgan fingerprint density at radius 1 is 1.35 bits per heavy atom.